The van der Waals surface area contributed by atoms with Crippen molar-refractivity contribution >= 4 is 33.2 Å². The summed E-state index contributed by atoms with van der Waals surface area (Å²) >= 11 is 0. The monoisotopic (exact) mass is 469 g/mol. The smallest absolute Gasteiger partial charge is 0.243 e. The zero-order valence-corrected chi connectivity index (χ0v) is 20.0. The topological polar surface area (TPSA) is 86.8 Å². The van der Waals surface area contributed by atoms with Crippen LogP contribution >= 0.6 is 0 Å². The number of nitrogens with zero attached hydrogens (tertiary/aromatic N) is 2. The number of anilines is 2. The van der Waals surface area contributed by atoms with Crippen molar-refractivity contribution in [2.24, 2.45) is 5.92 Å². The Morgan fingerprint density at radius 2 is 1.91 bits per heavy atom. The van der Waals surface area contributed by atoms with Gasteiger partial charge in [0, 0.05) is 37.9 Å². The van der Waals surface area contributed by atoms with E-state index in [9.17, 15) is 18.0 Å². The molecule has 7 nitrogen and oxygen atoms in total. The Bertz CT molecular complexity index is 1160. The molecule has 1 N–H and O–H groups in total. The number of amides is 2. The molecule has 1 saturated heterocycles. The van der Waals surface area contributed by atoms with Crippen LogP contribution in [0.2, 0.25) is 0 Å². The molecule has 2 aromatic rings. The van der Waals surface area contributed by atoms with Crippen LogP contribution in [0.25, 0.3) is 0 Å². The Kier molecular flexibility index (Phi) is 6.86. The molecule has 0 bridgehead atoms. The molecule has 8 heteroatoms. The Morgan fingerprint density at radius 1 is 1.09 bits per heavy atom. The van der Waals surface area contributed by atoms with Gasteiger partial charge in [-0.05, 0) is 73.6 Å². The van der Waals surface area contributed by atoms with Crippen molar-refractivity contribution < 1.29 is 18.0 Å². The van der Waals surface area contributed by atoms with Crippen molar-refractivity contribution in [3.05, 3.63) is 53.6 Å². The van der Waals surface area contributed by atoms with E-state index in [-0.39, 0.29) is 23.3 Å². The standard InChI is InChI=1S/C25H31N3O4S/c1-3-19-7-4-10-22(15-19)26-25(30)21-9-5-13-27(17-21)33(31,32)23-11-12-24-20(16-23)8-6-14-28(24)18(2)29/h4,7,10-12,15-16,21H,3,5-6,8-9,13-14,17H2,1-2H3,(H,26,30). The Morgan fingerprint density at radius 3 is 2.67 bits per heavy atom. The third-order valence-electron chi connectivity index (χ3n) is 6.55. The summed E-state index contributed by atoms with van der Waals surface area (Å²) in [6.45, 7) is 4.80. The van der Waals surface area contributed by atoms with Gasteiger partial charge in [0.25, 0.3) is 0 Å². The lowest BCUT2D eigenvalue weighted by Gasteiger charge is -2.32. The van der Waals surface area contributed by atoms with E-state index in [4.69, 9.17) is 0 Å². The number of benzene rings is 2. The number of nitrogens with one attached hydrogen (secondary N) is 1. The fraction of sp³-hybridized carbons (Fsp3) is 0.440. The zero-order chi connectivity index (χ0) is 23.6. The Balaban J connectivity index is 1.50. The van der Waals surface area contributed by atoms with Crippen molar-refractivity contribution in [2.75, 3.05) is 29.9 Å². The van der Waals surface area contributed by atoms with Gasteiger partial charge in [0.15, 0.2) is 0 Å². The molecule has 2 amide bonds. The van der Waals surface area contributed by atoms with Gasteiger partial charge >= 0.3 is 0 Å². The van der Waals surface area contributed by atoms with E-state index in [0.717, 1.165) is 41.8 Å². The lowest BCUT2D eigenvalue weighted by molar-refractivity contribution is -0.121. The van der Waals surface area contributed by atoms with Crippen LogP contribution in [0.4, 0.5) is 11.4 Å². The first-order chi connectivity index (χ1) is 15.8. The van der Waals surface area contributed by atoms with Crippen molar-refractivity contribution in [2.45, 2.75) is 50.8 Å². The zero-order valence-electron chi connectivity index (χ0n) is 19.2. The van der Waals surface area contributed by atoms with Gasteiger partial charge in [0.05, 0.1) is 10.8 Å². The second-order valence-corrected chi connectivity index (χ2v) is 10.7. The number of carbonyl (C=O) groups excluding carboxylic acids is 2. The van der Waals surface area contributed by atoms with Crippen LogP contribution < -0.4 is 10.2 Å². The van der Waals surface area contributed by atoms with Gasteiger partial charge < -0.3 is 10.2 Å². The van der Waals surface area contributed by atoms with E-state index in [1.54, 1.807) is 23.1 Å². The van der Waals surface area contributed by atoms with Crippen molar-refractivity contribution in [3.63, 3.8) is 0 Å². The summed E-state index contributed by atoms with van der Waals surface area (Å²) in [6.07, 6.45) is 3.72. The largest absolute Gasteiger partial charge is 0.326 e. The second kappa shape index (κ2) is 9.65. The molecular weight excluding hydrogens is 438 g/mol. The number of carbonyl (C=O) groups is 2. The molecule has 4 rings (SSSR count). The molecule has 1 unspecified atom stereocenters. The fourth-order valence-electron chi connectivity index (χ4n) is 4.70. The van der Waals surface area contributed by atoms with Crippen LogP contribution in [-0.2, 0) is 32.5 Å². The summed E-state index contributed by atoms with van der Waals surface area (Å²) in [5.41, 5.74) is 3.54. The summed E-state index contributed by atoms with van der Waals surface area (Å²) in [5.74, 6) is -0.587. The van der Waals surface area contributed by atoms with Gasteiger partial charge in [0.2, 0.25) is 21.8 Å². The molecule has 0 aliphatic carbocycles. The number of rotatable bonds is 5. The van der Waals surface area contributed by atoms with Crippen LogP contribution in [0.3, 0.4) is 0 Å². The van der Waals surface area contributed by atoms with Crippen molar-refractivity contribution in [3.8, 4) is 0 Å². The molecular formula is C25H31N3O4S. The summed E-state index contributed by atoms with van der Waals surface area (Å²) in [4.78, 5) is 26.7. The average molecular weight is 470 g/mol. The van der Waals surface area contributed by atoms with Crippen molar-refractivity contribution in [1.29, 1.82) is 0 Å². The highest BCUT2D eigenvalue weighted by atomic mass is 32.2. The molecule has 2 aliphatic rings. The first kappa shape index (κ1) is 23.4. The number of hydrogen-bond donors (Lipinski definition) is 1. The molecule has 2 heterocycles. The van der Waals surface area contributed by atoms with Gasteiger partial charge in [-0.2, -0.15) is 4.31 Å². The summed E-state index contributed by atoms with van der Waals surface area (Å²) in [5, 5.41) is 2.96. The molecule has 0 aromatic heterocycles. The summed E-state index contributed by atoms with van der Waals surface area (Å²) < 4.78 is 28.3. The minimum absolute atomic E-state index is 0.0408. The van der Waals surface area contributed by atoms with Crippen LogP contribution in [0.5, 0.6) is 0 Å². The number of sulfonamides is 1. The lowest BCUT2D eigenvalue weighted by atomic mass is 9.98. The molecule has 1 atom stereocenters. The fourth-order valence-corrected chi connectivity index (χ4v) is 6.27. The maximum Gasteiger partial charge on any atom is 0.243 e. The SMILES string of the molecule is CCc1cccc(NC(=O)C2CCCN(S(=O)(=O)c3ccc4c(c3)CCCN4C(C)=O)C2)c1. The number of hydrogen-bond acceptors (Lipinski definition) is 4. The highest BCUT2D eigenvalue weighted by Crippen LogP contribution is 2.32. The molecule has 1 fully saturated rings. The van der Waals surface area contributed by atoms with E-state index >= 15 is 0 Å². The minimum Gasteiger partial charge on any atom is -0.326 e. The second-order valence-electron chi connectivity index (χ2n) is 8.81. The molecule has 0 radical (unpaired) electrons. The third-order valence-corrected chi connectivity index (χ3v) is 8.41. The first-order valence-electron chi connectivity index (χ1n) is 11.6. The number of fused-ring (bicyclic) bond motifs is 1. The lowest BCUT2D eigenvalue weighted by Crippen LogP contribution is -2.43. The molecule has 0 spiro atoms. The van der Waals surface area contributed by atoms with Crippen LogP contribution in [0.15, 0.2) is 47.4 Å². The Labute approximate surface area is 195 Å². The summed E-state index contributed by atoms with van der Waals surface area (Å²) in [7, 11) is -3.73. The number of aryl methyl sites for hydroxylation is 2. The van der Waals surface area contributed by atoms with E-state index in [0.29, 0.717) is 25.9 Å². The summed E-state index contributed by atoms with van der Waals surface area (Å²) in [6, 6.07) is 12.7. The van der Waals surface area contributed by atoms with Crippen LogP contribution in [0.1, 0.15) is 44.2 Å². The molecule has 2 aliphatic heterocycles. The van der Waals surface area contributed by atoms with E-state index in [2.05, 4.69) is 12.2 Å². The maximum absolute atomic E-state index is 13.4. The van der Waals surface area contributed by atoms with Gasteiger partial charge in [-0.25, -0.2) is 8.42 Å². The quantitative estimate of drug-likeness (QED) is 0.725. The first-order valence-corrected chi connectivity index (χ1v) is 13.0. The predicted molar refractivity (Wildman–Crippen MR) is 129 cm³/mol. The molecule has 0 saturated carbocycles. The highest BCUT2D eigenvalue weighted by Gasteiger charge is 2.34. The van der Waals surface area contributed by atoms with E-state index in [1.807, 2.05) is 24.3 Å². The van der Waals surface area contributed by atoms with Crippen molar-refractivity contribution in [1.82, 2.24) is 4.31 Å². The Hall–Kier alpha value is -2.71. The normalized spacial score (nSPS) is 19.1. The highest BCUT2D eigenvalue weighted by molar-refractivity contribution is 7.89. The van der Waals surface area contributed by atoms with E-state index < -0.39 is 15.9 Å². The molecule has 176 valence electrons. The van der Waals surface area contributed by atoms with Gasteiger partial charge in [-0.15, -0.1) is 0 Å². The average Bonchev–Trinajstić information content (AvgIpc) is 2.83. The third kappa shape index (κ3) is 4.96. The van der Waals surface area contributed by atoms with Crippen LogP contribution in [-0.4, -0.2) is 44.2 Å². The van der Waals surface area contributed by atoms with E-state index in [1.165, 1.54) is 11.2 Å². The van der Waals surface area contributed by atoms with Crippen LogP contribution in [0, 0.1) is 5.92 Å². The number of piperidine rings is 1. The molecule has 2 aromatic carbocycles. The van der Waals surface area contributed by atoms with Gasteiger partial charge in [-0.3, -0.25) is 9.59 Å². The maximum atomic E-state index is 13.4. The minimum atomic E-state index is -3.73. The molecule has 33 heavy (non-hydrogen) atoms. The van der Waals surface area contributed by atoms with Gasteiger partial charge in [-0.1, -0.05) is 19.1 Å². The van der Waals surface area contributed by atoms with Gasteiger partial charge in [0.1, 0.15) is 0 Å². The predicted octanol–water partition coefficient (Wildman–Crippen LogP) is 3.59.